The van der Waals surface area contributed by atoms with E-state index in [0.29, 0.717) is 13.0 Å². The van der Waals surface area contributed by atoms with Crippen molar-refractivity contribution in [2.75, 3.05) is 13.2 Å². The molecule has 1 aromatic rings. The number of rotatable bonds is 5. The summed E-state index contributed by atoms with van der Waals surface area (Å²) in [5, 5.41) is 12.3. The molecule has 19 heavy (non-hydrogen) atoms. The fraction of sp³-hybridized carbons (Fsp3) is 0.533. The minimum absolute atomic E-state index is 0.151. The maximum absolute atomic E-state index is 10.9. The number of aliphatic carboxylic acids is 1. The molecule has 1 saturated heterocycles. The van der Waals surface area contributed by atoms with Gasteiger partial charge in [0.05, 0.1) is 12.5 Å². The summed E-state index contributed by atoms with van der Waals surface area (Å²) in [6, 6.07) is 8.17. The van der Waals surface area contributed by atoms with Crippen molar-refractivity contribution >= 4 is 5.97 Å². The zero-order valence-corrected chi connectivity index (χ0v) is 10.8. The third kappa shape index (κ3) is 3.07. The first kappa shape index (κ1) is 12.5. The third-order valence-corrected chi connectivity index (χ3v) is 3.95. The number of carboxylic acid groups (broad SMARTS) is 1. The van der Waals surface area contributed by atoms with E-state index in [1.165, 1.54) is 12.8 Å². The number of hydrogen-bond acceptors (Lipinski definition) is 3. The number of hydrogen-bond donors (Lipinski definition) is 2. The van der Waals surface area contributed by atoms with Crippen LogP contribution in [0.3, 0.4) is 0 Å². The van der Waals surface area contributed by atoms with Crippen LogP contribution in [-0.2, 0) is 4.79 Å². The SMILES string of the molecule is O=C(O)C1CNC(c2ccc(OCC3CC3)cc2)C1. The van der Waals surface area contributed by atoms with Gasteiger partial charge in [0, 0.05) is 12.6 Å². The molecule has 0 aromatic heterocycles. The highest BCUT2D eigenvalue weighted by Gasteiger charge is 2.30. The standard InChI is InChI=1S/C15H19NO3/c17-15(18)12-7-14(16-8-12)11-3-5-13(6-4-11)19-9-10-1-2-10/h3-6,10,12,14,16H,1-2,7-9H2,(H,17,18). The first-order valence-corrected chi connectivity index (χ1v) is 6.91. The lowest BCUT2D eigenvalue weighted by molar-refractivity contribution is -0.141. The van der Waals surface area contributed by atoms with Gasteiger partial charge in [0.1, 0.15) is 5.75 Å². The summed E-state index contributed by atoms with van der Waals surface area (Å²) in [6.45, 7) is 1.38. The fourth-order valence-electron chi connectivity index (χ4n) is 2.47. The second-order valence-electron chi connectivity index (χ2n) is 5.56. The molecule has 1 aromatic carbocycles. The molecular weight excluding hydrogens is 242 g/mol. The van der Waals surface area contributed by atoms with Crippen LogP contribution in [0.15, 0.2) is 24.3 Å². The van der Waals surface area contributed by atoms with E-state index in [4.69, 9.17) is 9.84 Å². The predicted molar refractivity (Wildman–Crippen MR) is 71.1 cm³/mol. The molecule has 1 aliphatic carbocycles. The van der Waals surface area contributed by atoms with Gasteiger partial charge in [-0.1, -0.05) is 12.1 Å². The van der Waals surface area contributed by atoms with Crippen LogP contribution in [0.5, 0.6) is 5.75 Å². The molecule has 2 aliphatic rings. The van der Waals surface area contributed by atoms with Gasteiger partial charge in [0.2, 0.25) is 0 Å². The van der Waals surface area contributed by atoms with E-state index in [1.807, 2.05) is 24.3 Å². The van der Waals surface area contributed by atoms with Gasteiger partial charge in [-0.2, -0.15) is 0 Å². The number of carboxylic acids is 1. The number of ether oxygens (including phenoxy) is 1. The highest BCUT2D eigenvalue weighted by molar-refractivity contribution is 5.70. The summed E-state index contributed by atoms with van der Waals surface area (Å²) in [6.07, 6.45) is 3.25. The van der Waals surface area contributed by atoms with Crippen LogP contribution < -0.4 is 10.1 Å². The van der Waals surface area contributed by atoms with Crippen molar-refractivity contribution in [2.45, 2.75) is 25.3 Å². The zero-order chi connectivity index (χ0) is 13.2. The topological polar surface area (TPSA) is 58.6 Å². The molecule has 2 N–H and O–H groups in total. The molecule has 4 nitrogen and oxygen atoms in total. The molecule has 1 aliphatic heterocycles. The molecule has 3 rings (SSSR count). The molecule has 0 amide bonds. The van der Waals surface area contributed by atoms with Crippen LogP contribution >= 0.6 is 0 Å². The molecule has 0 radical (unpaired) electrons. The summed E-state index contributed by atoms with van der Waals surface area (Å²) >= 11 is 0. The van der Waals surface area contributed by atoms with Crippen LogP contribution in [0, 0.1) is 11.8 Å². The minimum Gasteiger partial charge on any atom is -0.493 e. The van der Waals surface area contributed by atoms with Gasteiger partial charge in [-0.05, 0) is 42.9 Å². The van der Waals surface area contributed by atoms with Crippen molar-refractivity contribution < 1.29 is 14.6 Å². The smallest absolute Gasteiger partial charge is 0.307 e. The van der Waals surface area contributed by atoms with Crippen molar-refractivity contribution in [1.82, 2.24) is 5.32 Å². The van der Waals surface area contributed by atoms with E-state index in [-0.39, 0.29) is 12.0 Å². The summed E-state index contributed by atoms with van der Waals surface area (Å²) in [5.41, 5.74) is 1.14. The number of nitrogens with one attached hydrogen (secondary N) is 1. The van der Waals surface area contributed by atoms with Gasteiger partial charge < -0.3 is 15.2 Å². The van der Waals surface area contributed by atoms with Gasteiger partial charge >= 0.3 is 5.97 Å². The summed E-state index contributed by atoms with van der Waals surface area (Å²) in [4.78, 5) is 10.9. The average Bonchev–Trinajstić information content (AvgIpc) is 3.11. The van der Waals surface area contributed by atoms with E-state index in [9.17, 15) is 4.79 Å². The molecule has 102 valence electrons. The number of benzene rings is 1. The van der Waals surface area contributed by atoms with Crippen molar-refractivity contribution in [1.29, 1.82) is 0 Å². The maximum atomic E-state index is 10.9. The van der Waals surface area contributed by atoms with Crippen LogP contribution in [0.2, 0.25) is 0 Å². The van der Waals surface area contributed by atoms with Crippen LogP contribution in [-0.4, -0.2) is 24.2 Å². The Labute approximate surface area is 112 Å². The van der Waals surface area contributed by atoms with Crippen LogP contribution in [0.4, 0.5) is 0 Å². The lowest BCUT2D eigenvalue weighted by Crippen LogP contribution is -2.17. The lowest BCUT2D eigenvalue weighted by atomic mass is 10.0. The Morgan fingerprint density at radius 3 is 2.63 bits per heavy atom. The lowest BCUT2D eigenvalue weighted by Gasteiger charge is -2.12. The largest absolute Gasteiger partial charge is 0.493 e. The van der Waals surface area contributed by atoms with Crippen LogP contribution in [0.1, 0.15) is 30.9 Å². The van der Waals surface area contributed by atoms with E-state index >= 15 is 0 Å². The normalized spacial score (nSPS) is 26.3. The monoisotopic (exact) mass is 261 g/mol. The molecule has 0 spiro atoms. The summed E-state index contributed by atoms with van der Waals surface area (Å²) in [7, 11) is 0. The van der Waals surface area contributed by atoms with E-state index in [1.54, 1.807) is 0 Å². The highest BCUT2D eigenvalue weighted by Crippen LogP contribution is 2.31. The summed E-state index contributed by atoms with van der Waals surface area (Å²) < 4.78 is 5.69. The van der Waals surface area contributed by atoms with Gasteiger partial charge in [-0.3, -0.25) is 4.79 Å². The van der Waals surface area contributed by atoms with E-state index in [2.05, 4.69) is 5.32 Å². The molecule has 2 unspecified atom stereocenters. The maximum Gasteiger partial charge on any atom is 0.307 e. The van der Waals surface area contributed by atoms with Gasteiger partial charge in [-0.15, -0.1) is 0 Å². The first-order valence-electron chi connectivity index (χ1n) is 6.91. The second-order valence-corrected chi connectivity index (χ2v) is 5.56. The van der Waals surface area contributed by atoms with Crippen molar-refractivity contribution in [3.05, 3.63) is 29.8 Å². The first-order chi connectivity index (χ1) is 9.22. The molecule has 1 heterocycles. The van der Waals surface area contributed by atoms with Gasteiger partial charge in [0.15, 0.2) is 0 Å². The zero-order valence-electron chi connectivity index (χ0n) is 10.8. The van der Waals surface area contributed by atoms with Crippen molar-refractivity contribution in [2.24, 2.45) is 11.8 Å². The molecule has 4 heteroatoms. The van der Waals surface area contributed by atoms with E-state index in [0.717, 1.165) is 23.8 Å². The van der Waals surface area contributed by atoms with Crippen molar-refractivity contribution in [3.8, 4) is 5.75 Å². The number of carbonyl (C=O) groups is 1. The Hall–Kier alpha value is -1.55. The second kappa shape index (κ2) is 5.21. The van der Waals surface area contributed by atoms with Gasteiger partial charge in [-0.25, -0.2) is 0 Å². The Morgan fingerprint density at radius 2 is 2.05 bits per heavy atom. The highest BCUT2D eigenvalue weighted by atomic mass is 16.5. The fourth-order valence-corrected chi connectivity index (χ4v) is 2.47. The predicted octanol–water partition coefficient (Wildman–Crippen LogP) is 2.21. The van der Waals surface area contributed by atoms with E-state index < -0.39 is 5.97 Å². The minimum atomic E-state index is -0.709. The van der Waals surface area contributed by atoms with Gasteiger partial charge in [0.25, 0.3) is 0 Å². The van der Waals surface area contributed by atoms with Crippen LogP contribution in [0.25, 0.3) is 0 Å². The van der Waals surface area contributed by atoms with Crippen molar-refractivity contribution in [3.63, 3.8) is 0 Å². The molecule has 2 fully saturated rings. The molecular formula is C15H19NO3. The Bertz CT molecular complexity index is 453. The Kier molecular flexibility index (Phi) is 3.42. The molecule has 2 atom stereocenters. The quantitative estimate of drug-likeness (QED) is 0.853. The Balaban J connectivity index is 1.57. The average molecular weight is 261 g/mol. The molecule has 1 saturated carbocycles. The third-order valence-electron chi connectivity index (χ3n) is 3.95. The summed E-state index contributed by atoms with van der Waals surface area (Å²) in [5.74, 6) is 0.686. The Morgan fingerprint density at radius 1 is 1.32 bits per heavy atom. The molecule has 0 bridgehead atoms.